The molecule has 144 valence electrons. The van der Waals surface area contributed by atoms with E-state index in [1.54, 1.807) is 18.2 Å². The van der Waals surface area contributed by atoms with E-state index in [9.17, 15) is 19.7 Å². The molecule has 1 heterocycles. The zero-order chi connectivity index (χ0) is 20.4. The average Bonchev–Trinajstić information content (AvgIpc) is 2.94. The molecule has 1 fully saturated rings. The van der Waals surface area contributed by atoms with Crippen molar-refractivity contribution in [2.45, 2.75) is 0 Å². The first-order chi connectivity index (χ1) is 13.3. The van der Waals surface area contributed by atoms with Gasteiger partial charge in [-0.3, -0.25) is 14.9 Å². The fourth-order valence-corrected chi connectivity index (χ4v) is 2.88. The Balaban J connectivity index is 2.05. The Morgan fingerprint density at radius 2 is 1.82 bits per heavy atom. The number of rotatable bonds is 5. The number of urea groups is 1. The second kappa shape index (κ2) is 7.57. The summed E-state index contributed by atoms with van der Waals surface area (Å²) >= 11 is 5.92. The predicted octanol–water partition coefficient (Wildman–Crippen LogP) is 3.36. The van der Waals surface area contributed by atoms with E-state index < -0.39 is 16.9 Å². The Morgan fingerprint density at radius 1 is 1.14 bits per heavy atom. The highest BCUT2D eigenvalue weighted by Crippen LogP contribution is 2.36. The van der Waals surface area contributed by atoms with E-state index in [4.69, 9.17) is 21.1 Å². The second-order valence-corrected chi connectivity index (χ2v) is 6.07. The number of benzene rings is 2. The lowest BCUT2D eigenvalue weighted by Crippen LogP contribution is -2.30. The van der Waals surface area contributed by atoms with Crippen molar-refractivity contribution in [3.05, 3.63) is 62.8 Å². The highest BCUT2D eigenvalue weighted by Gasteiger charge is 2.35. The highest BCUT2D eigenvalue weighted by atomic mass is 35.5. The first-order valence-corrected chi connectivity index (χ1v) is 8.26. The van der Waals surface area contributed by atoms with E-state index in [0.29, 0.717) is 5.02 Å². The van der Waals surface area contributed by atoms with Crippen LogP contribution in [0.1, 0.15) is 5.56 Å². The summed E-state index contributed by atoms with van der Waals surface area (Å²) in [6.07, 6.45) is 1.21. The zero-order valence-electron chi connectivity index (χ0n) is 14.8. The smallest absolute Gasteiger partial charge is 0.333 e. The van der Waals surface area contributed by atoms with Gasteiger partial charge in [-0.15, -0.1) is 0 Å². The van der Waals surface area contributed by atoms with Crippen LogP contribution in [0.3, 0.4) is 0 Å². The van der Waals surface area contributed by atoms with E-state index in [0.717, 1.165) is 4.90 Å². The molecule has 2 aromatic rings. The highest BCUT2D eigenvalue weighted by molar-refractivity contribution is 6.32. The van der Waals surface area contributed by atoms with Crippen LogP contribution < -0.4 is 19.7 Å². The molecule has 1 aliphatic heterocycles. The molecule has 0 saturated carbocycles. The molecule has 1 N–H and O–H groups in total. The van der Waals surface area contributed by atoms with Gasteiger partial charge in [0.1, 0.15) is 5.70 Å². The summed E-state index contributed by atoms with van der Waals surface area (Å²) < 4.78 is 10.2. The Labute approximate surface area is 164 Å². The van der Waals surface area contributed by atoms with E-state index >= 15 is 0 Å². The number of ether oxygens (including phenoxy) is 2. The van der Waals surface area contributed by atoms with E-state index in [1.807, 2.05) is 0 Å². The molecule has 0 atom stereocenters. The Morgan fingerprint density at radius 3 is 2.43 bits per heavy atom. The lowest BCUT2D eigenvalue weighted by atomic mass is 10.1. The van der Waals surface area contributed by atoms with Crippen LogP contribution in [0, 0.1) is 10.1 Å². The maximum atomic E-state index is 12.7. The number of nitrogens with one attached hydrogen (secondary N) is 1. The Hall–Kier alpha value is -3.59. The molecule has 0 bridgehead atoms. The van der Waals surface area contributed by atoms with Crippen molar-refractivity contribution in [2.24, 2.45) is 0 Å². The fourth-order valence-electron chi connectivity index (χ4n) is 2.70. The monoisotopic (exact) mass is 403 g/mol. The van der Waals surface area contributed by atoms with Gasteiger partial charge in [-0.1, -0.05) is 17.7 Å². The largest absolute Gasteiger partial charge is 0.493 e. The zero-order valence-corrected chi connectivity index (χ0v) is 15.5. The SMILES string of the molecule is COc1cc(C=C2NC(=O)N(c3cccc(Cl)c3)C2=O)c([N+](=O)[O-])cc1OC. The minimum atomic E-state index is -0.693. The molecule has 0 aromatic heterocycles. The molecule has 2 aromatic carbocycles. The van der Waals surface area contributed by atoms with Crippen molar-refractivity contribution in [1.29, 1.82) is 0 Å². The van der Waals surface area contributed by atoms with E-state index in [2.05, 4.69) is 5.32 Å². The van der Waals surface area contributed by atoms with Gasteiger partial charge in [0, 0.05) is 5.02 Å². The summed E-state index contributed by atoms with van der Waals surface area (Å²) in [6, 6.07) is 8.05. The van der Waals surface area contributed by atoms with Gasteiger partial charge >= 0.3 is 6.03 Å². The van der Waals surface area contributed by atoms with Crippen LogP contribution in [0.15, 0.2) is 42.1 Å². The number of carbonyl (C=O) groups excluding carboxylic acids is 2. The topological polar surface area (TPSA) is 111 Å². The minimum absolute atomic E-state index is 0.0687. The van der Waals surface area contributed by atoms with Gasteiger partial charge in [0.25, 0.3) is 11.6 Å². The summed E-state index contributed by atoms with van der Waals surface area (Å²) in [5.41, 5.74) is -0.0897. The number of anilines is 1. The molecule has 28 heavy (non-hydrogen) atoms. The molecule has 1 aliphatic rings. The number of carbonyl (C=O) groups is 2. The van der Waals surface area contributed by atoms with Crippen molar-refractivity contribution < 1.29 is 24.0 Å². The number of methoxy groups -OCH3 is 2. The number of nitro groups is 1. The van der Waals surface area contributed by atoms with Gasteiger partial charge in [0.05, 0.1) is 36.5 Å². The van der Waals surface area contributed by atoms with Crippen LogP contribution in [-0.4, -0.2) is 31.1 Å². The Kier molecular flexibility index (Phi) is 5.18. The van der Waals surface area contributed by atoms with Crippen molar-refractivity contribution in [3.8, 4) is 11.5 Å². The first-order valence-electron chi connectivity index (χ1n) is 7.88. The summed E-state index contributed by atoms with van der Waals surface area (Å²) in [7, 11) is 2.73. The lowest BCUT2D eigenvalue weighted by molar-refractivity contribution is -0.385. The van der Waals surface area contributed by atoms with Gasteiger partial charge in [-0.2, -0.15) is 0 Å². The molecule has 0 unspecified atom stereocenters. The van der Waals surface area contributed by atoms with Crippen LogP contribution in [-0.2, 0) is 4.79 Å². The Bertz CT molecular complexity index is 1020. The van der Waals surface area contributed by atoms with Crippen LogP contribution in [0.5, 0.6) is 11.5 Å². The minimum Gasteiger partial charge on any atom is -0.493 e. The third-order valence-corrected chi connectivity index (χ3v) is 4.21. The molecule has 3 amide bonds. The van der Waals surface area contributed by atoms with Crippen LogP contribution in [0.2, 0.25) is 5.02 Å². The summed E-state index contributed by atoms with van der Waals surface area (Å²) in [5.74, 6) is -0.265. The number of hydrogen-bond acceptors (Lipinski definition) is 6. The molecule has 0 spiro atoms. The van der Waals surface area contributed by atoms with Gasteiger partial charge in [-0.05, 0) is 30.3 Å². The summed E-state index contributed by atoms with van der Waals surface area (Å²) in [4.78, 5) is 36.7. The molecule has 10 heteroatoms. The van der Waals surface area contributed by atoms with Crippen molar-refractivity contribution in [2.75, 3.05) is 19.1 Å². The third kappa shape index (κ3) is 3.47. The van der Waals surface area contributed by atoms with Crippen molar-refractivity contribution in [3.63, 3.8) is 0 Å². The molecular weight excluding hydrogens is 390 g/mol. The normalized spacial score (nSPS) is 15.0. The molecule has 0 radical (unpaired) electrons. The van der Waals surface area contributed by atoms with E-state index in [-0.39, 0.29) is 34.1 Å². The summed E-state index contributed by atoms with van der Waals surface area (Å²) in [5, 5.41) is 14.2. The number of halogens is 1. The first kappa shape index (κ1) is 19.2. The van der Waals surface area contributed by atoms with Gasteiger partial charge in [-0.25, -0.2) is 9.69 Å². The molecular formula is C18H14ClN3O6. The van der Waals surface area contributed by atoms with Crippen molar-refractivity contribution in [1.82, 2.24) is 5.32 Å². The quantitative estimate of drug-likeness (QED) is 0.354. The third-order valence-electron chi connectivity index (χ3n) is 3.97. The average molecular weight is 404 g/mol. The maximum absolute atomic E-state index is 12.7. The number of imide groups is 1. The number of nitrogens with zero attached hydrogens (tertiary/aromatic N) is 2. The molecule has 0 aliphatic carbocycles. The maximum Gasteiger partial charge on any atom is 0.333 e. The van der Waals surface area contributed by atoms with Crippen LogP contribution in [0.25, 0.3) is 6.08 Å². The predicted molar refractivity (Wildman–Crippen MR) is 102 cm³/mol. The fraction of sp³-hybridized carbons (Fsp3) is 0.111. The van der Waals surface area contributed by atoms with E-state index in [1.165, 1.54) is 38.5 Å². The van der Waals surface area contributed by atoms with Gasteiger partial charge in [0.15, 0.2) is 11.5 Å². The molecule has 1 saturated heterocycles. The number of nitro benzene ring substituents is 1. The molecule has 3 rings (SSSR count). The number of amides is 3. The summed E-state index contributed by atoms with van der Waals surface area (Å²) in [6.45, 7) is 0. The van der Waals surface area contributed by atoms with Gasteiger partial charge < -0.3 is 14.8 Å². The molecule has 9 nitrogen and oxygen atoms in total. The van der Waals surface area contributed by atoms with Crippen LogP contribution >= 0.6 is 11.6 Å². The second-order valence-electron chi connectivity index (χ2n) is 5.63. The van der Waals surface area contributed by atoms with Crippen LogP contribution in [0.4, 0.5) is 16.2 Å². The number of hydrogen-bond donors (Lipinski definition) is 1. The van der Waals surface area contributed by atoms with Crippen molar-refractivity contribution >= 4 is 41.0 Å². The lowest BCUT2D eigenvalue weighted by Gasteiger charge is -2.11. The van der Waals surface area contributed by atoms with Gasteiger partial charge in [0.2, 0.25) is 0 Å². The standard InChI is InChI=1S/C18H14ClN3O6/c1-27-15-7-10(14(22(25)26)9-16(15)28-2)6-13-17(23)21(18(24)20-13)12-5-3-4-11(19)8-12/h3-9H,1-2H3,(H,20,24).